The van der Waals surface area contributed by atoms with Crippen LogP contribution >= 0.6 is 0 Å². The van der Waals surface area contributed by atoms with Crippen LogP contribution in [-0.2, 0) is 11.3 Å². The van der Waals surface area contributed by atoms with Crippen molar-refractivity contribution in [3.63, 3.8) is 0 Å². The number of hydrogen-bond donors (Lipinski definition) is 2. The molecule has 1 atom stereocenters. The van der Waals surface area contributed by atoms with Crippen molar-refractivity contribution in [2.45, 2.75) is 25.8 Å². The summed E-state index contributed by atoms with van der Waals surface area (Å²) < 4.78 is 0. The van der Waals surface area contributed by atoms with Crippen LogP contribution < -0.4 is 10.6 Å². The van der Waals surface area contributed by atoms with Gasteiger partial charge < -0.3 is 15.5 Å². The lowest BCUT2D eigenvalue weighted by atomic mass is 10.0. The molecular weight excluding hydrogens is 262 g/mol. The highest BCUT2D eigenvalue weighted by molar-refractivity contribution is 5.75. The topological polar surface area (TPSA) is 44.4 Å². The second-order valence-electron chi connectivity index (χ2n) is 5.97. The van der Waals surface area contributed by atoms with Crippen molar-refractivity contribution >= 4 is 5.91 Å². The number of hydrogen-bond acceptors (Lipinski definition) is 3. The van der Waals surface area contributed by atoms with Gasteiger partial charge in [0.15, 0.2) is 0 Å². The Morgan fingerprint density at radius 3 is 2.90 bits per heavy atom. The van der Waals surface area contributed by atoms with E-state index in [1.165, 1.54) is 12.0 Å². The Labute approximate surface area is 127 Å². The molecule has 1 unspecified atom stereocenters. The third-order valence-corrected chi connectivity index (χ3v) is 4.05. The van der Waals surface area contributed by atoms with Crippen molar-refractivity contribution in [2.24, 2.45) is 5.92 Å². The van der Waals surface area contributed by atoms with Crippen molar-refractivity contribution in [2.75, 3.05) is 33.2 Å². The van der Waals surface area contributed by atoms with Crippen LogP contribution in [0.3, 0.4) is 0 Å². The number of nitrogens with zero attached hydrogens (tertiary/aromatic N) is 1. The molecule has 0 aliphatic carbocycles. The van der Waals surface area contributed by atoms with Crippen LogP contribution in [0.15, 0.2) is 30.3 Å². The SMILES string of the molecule is CN(CCNC(=O)CCC1CCNC1)Cc1ccccc1. The van der Waals surface area contributed by atoms with Gasteiger partial charge in [0.25, 0.3) is 0 Å². The van der Waals surface area contributed by atoms with Crippen molar-refractivity contribution < 1.29 is 4.79 Å². The van der Waals surface area contributed by atoms with Crippen molar-refractivity contribution in [3.8, 4) is 0 Å². The average molecular weight is 289 g/mol. The third-order valence-electron chi connectivity index (χ3n) is 4.05. The first-order valence-electron chi connectivity index (χ1n) is 7.94. The monoisotopic (exact) mass is 289 g/mol. The van der Waals surface area contributed by atoms with E-state index in [2.05, 4.69) is 46.8 Å². The van der Waals surface area contributed by atoms with Crippen LogP contribution in [0.25, 0.3) is 0 Å². The van der Waals surface area contributed by atoms with Crippen LogP contribution in [0, 0.1) is 5.92 Å². The van der Waals surface area contributed by atoms with Gasteiger partial charge in [0.2, 0.25) is 5.91 Å². The standard InChI is InChI=1S/C17H27N3O/c1-20(14-16-5-3-2-4-6-16)12-11-19-17(21)8-7-15-9-10-18-13-15/h2-6,15,18H,7-14H2,1H3,(H,19,21). The Morgan fingerprint density at radius 1 is 1.38 bits per heavy atom. The fourth-order valence-corrected chi connectivity index (χ4v) is 2.74. The summed E-state index contributed by atoms with van der Waals surface area (Å²) in [6.45, 7) is 4.71. The van der Waals surface area contributed by atoms with Gasteiger partial charge in [-0.25, -0.2) is 0 Å². The first kappa shape index (κ1) is 16.0. The molecule has 1 saturated heterocycles. The van der Waals surface area contributed by atoms with Crippen LogP contribution in [0.4, 0.5) is 0 Å². The van der Waals surface area contributed by atoms with Gasteiger partial charge in [0.05, 0.1) is 0 Å². The number of nitrogens with one attached hydrogen (secondary N) is 2. The number of rotatable bonds is 8. The van der Waals surface area contributed by atoms with Gasteiger partial charge in [-0.1, -0.05) is 30.3 Å². The highest BCUT2D eigenvalue weighted by atomic mass is 16.1. The van der Waals surface area contributed by atoms with E-state index in [4.69, 9.17) is 0 Å². The minimum absolute atomic E-state index is 0.190. The zero-order valence-electron chi connectivity index (χ0n) is 13.0. The van der Waals surface area contributed by atoms with Gasteiger partial charge in [0.1, 0.15) is 0 Å². The molecule has 21 heavy (non-hydrogen) atoms. The third kappa shape index (κ3) is 6.27. The molecule has 4 nitrogen and oxygen atoms in total. The smallest absolute Gasteiger partial charge is 0.220 e. The fourth-order valence-electron chi connectivity index (χ4n) is 2.74. The molecule has 1 amide bonds. The van der Waals surface area contributed by atoms with E-state index in [0.717, 1.165) is 39.1 Å². The Morgan fingerprint density at radius 2 is 2.19 bits per heavy atom. The quantitative estimate of drug-likeness (QED) is 0.764. The Balaban J connectivity index is 1.54. The summed E-state index contributed by atoms with van der Waals surface area (Å²) in [4.78, 5) is 14.0. The van der Waals surface area contributed by atoms with Crippen LogP contribution in [0.5, 0.6) is 0 Å². The molecule has 1 heterocycles. The number of likely N-dealkylation sites (N-methyl/N-ethyl adjacent to an activating group) is 1. The molecule has 1 aliphatic rings. The Hall–Kier alpha value is -1.39. The highest BCUT2D eigenvalue weighted by Gasteiger charge is 2.15. The normalized spacial score (nSPS) is 18.1. The molecule has 4 heteroatoms. The molecule has 116 valence electrons. The minimum Gasteiger partial charge on any atom is -0.355 e. The zero-order chi connectivity index (χ0) is 14.9. The molecule has 0 spiro atoms. The summed E-state index contributed by atoms with van der Waals surface area (Å²) >= 11 is 0. The van der Waals surface area contributed by atoms with E-state index in [0.29, 0.717) is 12.3 Å². The molecular formula is C17H27N3O. The average Bonchev–Trinajstić information content (AvgIpc) is 2.99. The molecule has 2 rings (SSSR count). The van der Waals surface area contributed by atoms with Crippen LogP contribution in [0.2, 0.25) is 0 Å². The van der Waals surface area contributed by atoms with Gasteiger partial charge in [-0.3, -0.25) is 4.79 Å². The first-order chi connectivity index (χ1) is 10.2. The number of amides is 1. The lowest BCUT2D eigenvalue weighted by Crippen LogP contribution is -2.32. The number of benzene rings is 1. The van der Waals surface area contributed by atoms with Gasteiger partial charge in [-0.05, 0) is 44.5 Å². The van der Waals surface area contributed by atoms with Crippen molar-refractivity contribution in [3.05, 3.63) is 35.9 Å². The maximum absolute atomic E-state index is 11.8. The lowest BCUT2D eigenvalue weighted by molar-refractivity contribution is -0.121. The van der Waals surface area contributed by atoms with Gasteiger partial charge in [-0.2, -0.15) is 0 Å². The summed E-state index contributed by atoms with van der Waals surface area (Å²) in [5.74, 6) is 0.881. The van der Waals surface area contributed by atoms with E-state index in [-0.39, 0.29) is 5.91 Å². The fraction of sp³-hybridized carbons (Fsp3) is 0.588. The largest absolute Gasteiger partial charge is 0.355 e. The Bertz CT molecular complexity index is 415. The summed E-state index contributed by atoms with van der Waals surface area (Å²) in [5, 5.41) is 6.36. The maximum atomic E-state index is 11.8. The predicted molar refractivity (Wildman–Crippen MR) is 86.0 cm³/mol. The Kier molecular flexibility index (Phi) is 6.70. The lowest BCUT2D eigenvalue weighted by Gasteiger charge is -2.17. The van der Waals surface area contributed by atoms with E-state index in [9.17, 15) is 4.79 Å². The highest BCUT2D eigenvalue weighted by Crippen LogP contribution is 2.13. The minimum atomic E-state index is 0.190. The molecule has 1 aliphatic heterocycles. The molecule has 0 saturated carbocycles. The van der Waals surface area contributed by atoms with Gasteiger partial charge >= 0.3 is 0 Å². The molecule has 1 aromatic carbocycles. The second-order valence-corrected chi connectivity index (χ2v) is 5.97. The van der Waals surface area contributed by atoms with Crippen molar-refractivity contribution in [1.29, 1.82) is 0 Å². The molecule has 1 aromatic rings. The van der Waals surface area contributed by atoms with E-state index >= 15 is 0 Å². The maximum Gasteiger partial charge on any atom is 0.220 e. The van der Waals surface area contributed by atoms with E-state index in [1.54, 1.807) is 0 Å². The van der Waals surface area contributed by atoms with Crippen LogP contribution in [-0.4, -0.2) is 44.0 Å². The summed E-state index contributed by atoms with van der Waals surface area (Å²) in [6.07, 6.45) is 2.89. The van der Waals surface area contributed by atoms with Gasteiger partial charge in [-0.15, -0.1) is 0 Å². The van der Waals surface area contributed by atoms with Crippen LogP contribution in [0.1, 0.15) is 24.8 Å². The van der Waals surface area contributed by atoms with E-state index in [1.807, 2.05) is 6.07 Å². The zero-order valence-corrected chi connectivity index (χ0v) is 13.0. The molecule has 0 aromatic heterocycles. The molecule has 0 radical (unpaired) electrons. The first-order valence-corrected chi connectivity index (χ1v) is 7.94. The predicted octanol–water partition coefficient (Wildman–Crippen LogP) is 1.62. The summed E-state index contributed by atoms with van der Waals surface area (Å²) in [5.41, 5.74) is 1.31. The number of carbonyl (C=O) groups is 1. The number of carbonyl (C=O) groups excluding carboxylic acids is 1. The van der Waals surface area contributed by atoms with Crippen molar-refractivity contribution in [1.82, 2.24) is 15.5 Å². The summed E-state index contributed by atoms with van der Waals surface area (Å²) in [6, 6.07) is 10.4. The summed E-state index contributed by atoms with van der Waals surface area (Å²) in [7, 11) is 2.09. The molecule has 1 fully saturated rings. The molecule has 0 bridgehead atoms. The second kappa shape index (κ2) is 8.80. The van der Waals surface area contributed by atoms with E-state index < -0.39 is 0 Å². The molecule has 2 N–H and O–H groups in total. The van der Waals surface area contributed by atoms with Gasteiger partial charge in [0, 0.05) is 26.1 Å².